The molecule has 1 heterocycles. The summed E-state index contributed by atoms with van der Waals surface area (Å²) >= 11 is 0. The minimum atomic E-state index is -0.216. The van der Waals surface area contributed by atoms with Crippen LogP contribution in [0.5, 0.6) is 0 Å². The molecule has 2 aromatic rings. The van der Waals surface area contributed by atoms with Gasteiger partial charge in [0.15, 0.2) is 0 Å². The van der Waals surface area contributed by atoms with Gasteiger partial charge >= 0.3 is 0 Å². The van der Waals surface area contributed by atoms with E-state index in [2.05, 4.69) is 4.98 Å². The zero-order chi connectivity index (χ0) is 14.7. The van der Waals surface area contributed by atoms with Crippen LogP contribution in [0.3, 0.4) is 0 Å². The molecule has 2 N–H and O–H groups in total. The molecule has 2 rings (SSSR count). The number of benzene rings is 1. The van der Waals surface area contributed by atoms with Crippen molar-refractivity contribution in [2.75, 3.05) is 11.9 Å². The lowest BCUT2D eigenvalue weighted by atomic mass is 10.0. The van der Waals surface area contributed by atoms with E-state index in [0.717, 1.165) is 16.9 Å². The second-order valence-corrected chi connectivity index (χ2v) is 5.13. The molecule has 1 aromatic carbocycles. The Balaban J connectivity index is 2.33. The monoisotopic (exact) mass is 273 g/mol. The highest BCUT2D eigenvalue weighted by Gasteiger charge is 2.14. The molecule has 0 saturated heterocycles. The van der Waals surface area contributed by atoms with E-state index in [1.54, 1.807) is 13.1 Å². The molecular formula is C16H20FN3. The third kappa shape index (κ3) is 3.14. The van der Waals surface area contributed by atoms with Gasteiger partial charge in [-0.05, 0) is 49.2 Å². The van der Waals surface area contributed by atoms with Gasteiger partial charge in [0, 0.05) is 25.0 Å². The van der Waals surface area contributed by atoms with Crippen molar-refractivity contribution in [2.45, 2.75) is 26.4 Å². The van der Waals surface area contributed by atoms with E-state index in [1.807, 2.05) is 43.1 Å². The second kappa shape index (κ2) is 6.01. The number of rotatable bonds is 4. The lowest BCUT2D eigenvalue weighted by Crippen LogP contribution is -2.21. The zero-order valence-corrected chi connectivity index (χ0v) is 12.1. The summed E-state index contributed by atoms with van der Waals surface area (Å²) in [6.45, 7) is 4.28. The van der Waals surface area contributed by atoms with Crippen molar-refractivity contribution in [1.29, 1.82) is 0 Å². The Hall–Kier alpha value is -1.94. The molecule has 4 heteroatoms. The van der Waals surface area contributed by atoms with Gasteiger partial charge in [0.2, 0.25) is 0 Å². The fourth-order valence-corrected chi connectivity index (χ4v) is 2.20. The van der Waals surface area contributed by atoms with Crippen molar-refractivity contribution in [3.05, 3.63) is 59.2 Å². The van der Waals surface area contributed by atoms with Crippen LogP contribution in [-0.2, 0) is 6.54 Å². The van der Waals surface area contributed by atoms with Gasteiger partial charge in [-0.3, -0.25) is 4.98 Å². The first-order valence-corrected chi connectivity index (χ1v) is 6.65. The van der Waals surface area contributed by atoms with E-state index in [0.29, 0.717) is 12.1 Å². The maximum absolute atomic E-state index is 13.7. The van der Waals surface area contributed by atoms with Crippen LogP contribution in [-0.4, -0.2) is 12.0 Å². The molecule has 20 heavy (non-hydrogen) atoms. The number of anilines is 1. The number of aryl methyl sites for hydroxylation is 1. The highest BCUT2D eigenvalue weighted by Crippen LogP contribution is 2.28. The maximum Gasteiger partial charge on any atom is 0.126 e. The Morgan fingerprint density at radius 1 is 1.35 bits per heavy atom. The van der Waals surface area contributed by atoms with E-state index in [1.165, 1.54) is 6.07 Å². The summed E-state index contributed by atoms with van der Waals surface area (Å²) in [5, 5.41) is 0. The van der Waals surface area contributed by atoms with Crippen LogP contribution in [0.1, 0.15) is 29.8 Å². The number of halogens is 1. The Morgan fingerprint density at radius 3 is 2.70 bits per heavy atom. The molecule has 0 aliphatic heterocycles. The molecule has 1 atom stereocenters. The molecule has 0 saturated carbocycles. The maximum atomic E-state index is 13.7. The van der Waals surface area contributed by atoms with Gasteiger partial charge in [-0.25, -0.2) is 4.39 Å². The van der Waals surface area contributed by atoms with Gasteiger partial charge in [0.25, 0.3) is 0 Å². The van der Waals surface area contributed by atoms with Crippen molar-refractivity contribution < 1.29 is 4.39 Å². The number of aromatic nitrogens is 1. The second-order valence-electron chi connectivity index (χ2n) is 5.13. The highest BCUT2D eigenvalue weighted by molar-refractivity contribution is 5.56. The molecule has 0 spiro atoms. The first kappa shape index (κ1) is 14.5. The molecule has 0 fully saturated rings. The largest absolute Gasteiger partial charge is 0.368 e. The van der Waals surface area contributed by atoms with Crippen LogP contribution in [0.25, 0.3) is 0 Å². The Labute approximate surface area is 119 Å². The minimum absolute atomic E-state index is 0.215. The normalized spacial score (nSPS) is 12.2. The lowest BCUT2D eigenvalue weighted by molar-refractivity contribution is 0.612. The summed E-state index contributed by atoms with van der Waals surface area (Å²) in [6.07, 6.45) is 1.77. The molecule has 106 valence electrons. The Kier molecular flexibility index (Phi) is 4.35. The van der Waals surface area contributed by atoms with Crippen LogP contribution in [0, 0.1) is 12.7 Å². The molecule has 3 nitrogen and oxygen atoms in total. The van der Waals surface area contributed by atoms with Crippen molar-refractivity contribution in [2.24, 2.45) is 5.73 Å². The van der Waals surface area contributed by atoms with E-state index in [9.17, 15) is 4.39 Å². The quantitative estimate of drug-likeness (QED) is 0.930. The number of hydrogen-bond donors (Lipinski definition) is 1. The molecule has 1 aromatic heterocycles. The number of nitrogens with zero attached hydrogens (tertiary/aromatic N) is 2. The summed E-state index contributed by atoms with van der Waals surface area (Å²) in [5.41, 5.74) is 9.30. The van der Waals surface area contributed by atoms with Gasteiger partial charge in [0.05, 0.1) is 12.2 Å². The standard InChI is InChI=1S/C16H20FN3/c1-11-8-16(14(12(2)18)9-15(11)17)20(3)10-13-6-4-5-7-19-13/h4-9,12H,10,18H2,1-3H3/t12-/m1/s1. The van der Waals surface area contributed by atoms with Crippen molar-refractivity contribution in [3.63, 3.8) is 0 Å². The molecule has 0 radical (unpaired) electrons. The average Bonchev–Trinajstić information content (AvgIpc) is 2.42. The van der Waals surface area contributed by atoms with Crippen LogP contribution in [0.4, 0.5) is 10.1 Å². The van der Waals surface area contributed by atoms with Gasteiger partial charge in [-0.15, -0.1) is 0 Å². The molecule has 0 aliphatic carbocycles. The molecular weight excluding hydrogens is 253 g/mol. The Morgan fingerprint density at radius 2 is 2.10 bits per heavy atom. The van der Waals surface area contributed by atoms with Crippen LogP contribution in [0.2, 0.25) is 0 Å². The summed E-state index contributed by atoms with van der Waals surface area (Å²) in [4.78, 5) is 6.36. The van der Waals surface area contributed by atoms with Crippen molar-refractivity contribution in [3.8, 4) is 0 Å². The van der Waals surface area contributed by atoms with E-state index in [-0.39, 0.29) is 11.9 Å². The van der Waals surface area contributed by atoms with Crippen LogP contribution < -0.4 is 10.6 Å². The van der Waals surface area contributed by atoms with Crippen LogP contribution in [0.15, 0.2) is 36.5 Å². The van der Waals surface area contributed by atoms with Gasteiger partial charge in [-0.1, -0.05) is 6.07 Å². The topological polar surface area (TPSA) is 42.2 Å². The van der Waals surface area contributed by atoms with Crippen LogP contribution >= 0.6 is 0 Å². The zero-order valence-electron chi connectivity index (χ0n) is 12.1. The number of hydrogen-bond acceptors (Lipinski definition) is 3. The Bertz CT molecular complexity index is 582. The highest BCUT2D eigenvalue weighted by atomic mass is 19.1. The van der Waals surface area contributed by atoms with Crippen molar-refractivity contribution >= 4 is 5.69 Å². The fraction of sp³-hybridized carbons (Fsp3) is 0.312. The summed E-state index contributed by atoms with van der Waals surface area (Å²) < 4.78 is 13.7. The molecule has 0 amide bonds. The third-order valence-corrected chi connectivity index (χ3v) is 3.34. The number of nitrogens with two attached hydrogens (primary N) is 1. The number of pyridine rings is 1. The fourth-order valence-electron chi connectivity index (χ4n) is 2.20. The minimum Gasteiger partial charge on any atom is -0.368 e. The first-order chi connectivity index (χ1) is 9.49. The third-order valence-electron chi connectivity index (χ3n) is 3.34. The molecule has 0 aliphatic rings. The van der Waals surface area contributed by atoms with Gasteiger partial charge in [-0.2, -0.15) is 0 Å². The van der Waals surface area contributed by atoms with E-state index >= 15 is 0 Å². The SMILES string of the molecule is Cc1cc(N(C)Cc2ccccn2)c([C@@H](C)N)cc1F. The molecule has 0 bridgehead atoms. The summed E-state index contributed by atoms with van der Waals surface area (Å²) in [5.74, 6) is -0.215. The first-order valence-electron chi connectivity index (χ1n) is 6.65. The smallest absolute Gasteiger partial charge is 0.126 e. The van der Waals surface area contributed by atoms with Gasteiger partial charge in [0.1, 0.15) is 5.82 Å². The average molecular weight is 273 g/mol. The lowest BCUT2D eigenvalue weighted by Gasteiger charge is -2.24. The van der Waals surface area contributed by atoms with Crippen molar-refractivity contribution in [1.82, 2.24) is 4.98 Å². The predicted octanol–water partition coefficient (Wildman–Crippen LogP) is 3.19. The van der Waals surface area contributed by atoms with E-state index < -0.39 is 0 Å². The van der Waals surface area contributed by atoms with Gasteiger partial charge < -0.3 is 10.6 Å². The predicted molar refractivity (Wildman–Crippen MR) is 80.1 cm³/mol. The summed E-state index contributed by atoms with van der Waals surface area (Å²) in [7, 11) is 1.97. The molecule has 0 unspecified atom stereocenters. The van der Waals surface area contributed by atoms with E-state index in [4.69, 9.17) is 5.73 Å². The summed E-state index contributed by atoms with van der Waals surface area (Å²) in [6, 6.07) is 8.98.